The van der Waals surface area contributed by atoms with Crippen LogP contribution in [0.1, 0.15) is 11.1 Å². The van der Waals surface area contributed by atoms with Crippen LogP contribution in [0.4, 0.5) is 18.9 Å². The highest BCUT2D eigenvalue weighted by atomic mass is 35.5. The number of hydrogen-bond donors (Lipinski definition) is 2. The number of anilines is 1. The van der Waals surface area contributed by atoms with Crippen LogP contribution >= 0.6 is 12.4 Å². The number of halogens is 4. The molecule has 106 valence electrons. The summed E-state index contributed by atoms with van der Waals surface area (Å²) >= 11 is 0. The van der Waals surface area contributed by atoms with Crippen LogP contribution in [0.25, 0.3) is 0 Å². The molecule has 0 amide bonds. The summed E-state index contributed by atoms with van der Waals surface area (Å²) in [7, 11) is 0. The van der Waals surface area contributed by atoms with Crippen LogP contribution in [0.15, 0.2) is 23.2 Å². The zero-order valence-corrected chi connectivity index (χ0v) is 11.2. The Labute approximate surface area is 115 Å². The second-order valence-electron chi connectivity index (χ2n) is 4.08. The molecule has 1 aliphatic rings. The highest BCUT2D eigenvalue weighted by Gasteiger charge is 2.32. The number of amidine groups is 1. The summed E-state index contributed by atoms with van der Waals surface area (Å²) in [6.07, 6.45) is -4.31. The highest BCUT2D eigenvalue weighted by molar-refractivity contribution is 5.87. The van der Waals surface area contributed by atoms with Crippen molar-refractivity contribution in [3.05, 3.63) is 29.3 Å². The topological polar surface area (TPSA) is 36.4 Å². The van der Waals surface area contributed by atoms with Crippen molar-refractivity contribution in [2.75, 3.05) is 25.0 Å². The van der Waals surface area contributed by atoms with Gasteiger partial charge < -0.3 is 10.6 Å². The molecule has 0 atom stereocenters. The summed E-state index contributed by atoms with van der Waals surface area (Å²) in [4.78, 5) is 4.17. The van der Waals surface area contributed by atoms with E-state index in [4.69, 9.17) is 0 Å². The number of rotatable bonds is 3. The van der Waals surface area contributed by atoms with E-state index in [1.54, 1.807) is 6.07 Å². The zero-order chi connectivity index (χ0) is 13.2. The number of alkyl halides is 3. The van der Waals surface area contributed by atoms with Crippen LogP contribution in [0.2, 0.25) is 0 Å². The van der Waals surface area contributed by atoms with Gasteiger partial charge in [-0.15, -0.1) is 12.4 Å². The summed E-state index contributed by atoms with van der Waals surface area (Å²) < 4.78 is 38.1. The molecule has 0 bridgehead atoms. The van der Waals surface area contributed by atoms with Gasteiger partial charge in [-0.3, -0.25) is 4.99 Å². The number of hydrogen-bond acceptors (Lipinski definition) is 3. The maximum absolute atomic E-state index is 12.7. The number of aliphatic imine (C=N–C) groups is 1. The molecule has 2 N–H and O–H groups in total. The van der Waals surface area contributed by atoms with Crippen molar-refractivity contribution in [2.45, 2.75) is 13.1 Å². The van der Waals surface area contributed by atoms with Crippen molar-refractivity contribution in [1.29, 1.82) is 0 Å². The minimum atomic E-state index is -4.31. The second kappa shape index (κ2) is 6.14. The lowest BCUT2D eigenvalue weighted by molar-refractivity contribution is -0.138. The summed E-state index contributed by atoms with van der Waals surface area (Å²) in [5.41, 5.74) is 0.0960. The molecular weight excluding hydrogens is 279 g/mol. The van der Waals surface area contributed by atoms with Gasteiger partial charge in [0.05, 0.1) is 18.7 Å². The molecule has 1 aliphatic heterocycles. The van der Waals surface area contributed by atoms with Gasteiger partial charge in [-0.2, -0.15) is 13.2 Å². The van der Waals surface area contributed by atoms with E-state index in [-0.39, 0.29) is 18.0 Å². The Kier molecular flexibility index (Phi) is 5.05. The Morgan fingerprint density at radius 3 is 2.68 bits per heavy atom. The van der Waals surface area contributed by atoms with Crippen LogP contribution < -0.4 is 10.6 Å². The van der Waals surface area contributed by atoms with Gasteiger partial charge in [0, 0.05) is 12.2 Å². The van der Waals surface area contributed by atoms with Gasteiger partial charge in [0.2, 0.25) is 0 Å². The Hall–Kier alpha value is -1.43. The third kappa shape index (κ3) is 3.76. The quantitative estimate of drug-likeness (QED) is 0.899. The summed E-state index contributed by atoms with van der Waals surface area (Å²) in [6, 6.07) is 4.13. The van der Waals surface area contributed by atoms with Crippen molar-refractivity contribution in [3.63, 3.8) is 0 Å². The van der Waals surface area contributed by atoms with Gasteiger partial charge in [-0.1, -0.05) is 6.07 Å². The van der Waals surface area contributed by atoms with Crippen molar-refractivity contribution in [1.82, 2.24) is 5.32 Å². The second-order valence-corrected chi connectivity index (χ2v) is 4.08. The van der Waals surface area contributed by atoms with E-state index in [0.29, 0.717) is 12.2 Å². The molecule has 0 unspecified atom stereocenters. The van der Waals surface area contributed by atoms with Crippen LogP contribution in [0.5, 0.6) is 0 Å². The Bertz CT molecular complexity index is 472. The highest BCUT2D eigenvalue weighted by Crippen LogP contribution is 2.34. The van der Waals surface area contributed by atoms with Gasteiger partial charge >= 0.3 is 6.18 Å². The first-order valence-corrected chi connectivity index (χ1v) is 5.66. The maximum atomic E-state index is 12.7. The molecule has 7 heteroatoms. The summed E-state index contributed by atoms with van der Waals surface area (Å²) in [6.45, 7) is 3.40. The molecule has 1 aromatic rings. The van der Waals surface area contributed by atoms with Crippen molar-refractivity contribution < 1.29 is 13.2 Å². The lowest BCUT2D eigenvalue weighted by Gasteiger charge is -2.15. The summed E-state index contributed by atoms with van der Waals surface area (Å²) in [5.74, 6) is 0.784. The van der Waals surface area contributed by atoms with Crippen molar-refractivity contribution in [2.24, 2.45) is 4.99 Å². The molecule has 0 spiro atoms. The Morgan fingerprint density at radius 2 is 2.11 bits per heavy atom. The minimum Gasteiger partial charge on any atom is -0.378 e. The van der Waals surface area contributed by atoms with Gasteiger partial charge in [0.15, 0.2) is 0 Å². The fourth-order valence-electron chi connectivity index (χ4n) is 1.88. The lowest BCUT2D eigenvalue weighted by atomic mass is 10.1. The molecule has 3 nitrogen and oxygen atoms in total. The molecule has 0 radical (unpaired) electrons. The molecule has 0 saturated carbocycles. The van der Waals surface area contributed by atoms with E-state index >= 15 is 0 Å². The molecule has 0 aliphatic carbocycles. The van der Waals surface area contributed by atoms with E-state index in [1.165, 1.54) is 13.0 Å². The first-order chi connectivity index (χ1) is 8.48. The average Bonchev–Trinajstić information content (AvgIpc) is 2.79. The van der Waals surface area contributed by atoms with Crippen LogP contribution in [-0.4, -0.2) is 25.5 Å². The van der Waals surface area contributed by atoms with Crippen LogP contribution in [-0.2, 0) is 6.18 Å². The maximum Gasteiger partial charge on any atom is 0.416 e. The fourth-order valence-corrected chi connectivity index (χ4v) is 1.88. The number of nitrogens with one attached hydrogen (secondary N) is 2. The minimum absolute atomic E-state index is 0. The van der Waals surface area contributed by atoms with Crippen LogP contribution in [0, 0.1) is 6.92 Å². The molecular formula is C12H15ClF3N3. The monoisotopic (exact) mass is 293 g/mol. The predicted molar refractivity (Wildman–Crippen MR) is 72.2 cm³/mol. The Balaban J connectivity index is 0.00000180. The first kappa shape index (κ1) is 15.6. The van der Waals surface area contributed by atoms with E-state index in [0.717, 1.165) is 25.0 Å². The predicted octanol–water partition coefficient (Wildman–Crippen LogP) is 2.85. The van der Waals surface area contributed by atoms with E-state index in [9.17, 15) is 13.2 Å². The van der Waals surface area contributed by atoms with Crippen molar-refractivity contribution >= 4 is 23.9 Å². The third-order valence-corrected chi connectivity index (χ3v) is 2.83. The van der Waals surface area contributed by atoms with Crippen molar-refractivity contribution in [3.8, 4) is 0 Å². The molecule has 0 saturated heterocycles. The normalized spacial score (nSPS) is 14.4. The first-order valence-electron chi connectivity index (χ1n) is 5.66. The van der Waals surface area contributed by atoms with Gasteiger partial charge in [-0.25, -0.2) is 0 Å². The van der Waals surface area contributed by atoms with Gasteiger partial charge in [-0.05, 0) is 24.6 Å². The largest absolute Gasteiger partial charge is 0.416 e. The molecule has 1 aromatic carbocycles. The molecule has 0 fully saturated rings. The van der Waals surface area contributed by atoms with E-state index in [2.05, 4.69) is 15.6 Å². The SMILES string of the molecule is Cc1c(NCC2=NCCN2)cccc1C(F)(F)F.Cl. The summed E-state index contributed by atoms with van der Waals surface area (Å²) in [5, 5.41) is 6.03. The number of benzene rings is 1. The molecule has 19 heavy (non-hydrogen) atoms. The van der Waals surface area contributed by atoms with E-state index in [1.807, 2.05) is 0 Å². The lowest BCUT2D eigenvalue weighted by Crippen LogP contribution is -2.26. The molecule has 0 aromatic heterocycles. The Morgan fingerprint density at radius 1 is 1.37 bits per heavy atom. The van der Waals surface area contributed by atoms with Gasteiger partial charge in [0.1, 0.15) is 5.84 Å². The van der Waals surface area contributed by atoms with Gasteiger partial charge in [0.25, 0.3) is 0 Å². The average molecular weight is 294 g/mol. The molecule has 2 rings (SSSR count). The van der Waals surface area contributed by atoms with Crippen LogP contribution in [0.3, 0.4) is 0 Å². The molecule has 1 heterocycles. The zero-order valence-electron chi connectivity index (χ0n) is 10.3. The van der Waals surface area contributed by atoms with E-state index < -0.39 is 11.7 Å². The fraction of sp³-hybridized carbons (Fsp3) is 0.417. The smallest absolute Gasteiger partial charge is 0.378 e. The standard InChI is InChI=1S/C12H14F3N3.ClH/c1-8-9(12(13,14)15)3-2-4-10(8)18-7-11-16-5-6-17-11;/h2-4,18H,5-7H2,1H3,(H,16,17);1H. The third-order valence-electron chi connectivity index (χ3n) is 2.83. The number of nitrogens with zero attached hydrogens (tertiary/aromatic N) is 1.